The van der Waals surface area contributed by atoms with Crippen LogP contribution in [0.3, 0.4) is 0 Å². The largest absolute Gasteiger partial charge is 0.494 e. The lowest BCUT2D eigenvalue weighted by molar-refractivity contribution is -0.142. The Morgan fingerprint density at radius 2 is 1.59 bits per heavy atom. The van der Waals surface area contributed by atoms with E-state index in [0.717, 1.165) is 38.8 Å². The van der Waals surface area contributed by atoms with Crippen molar-refractivity contribution >= 4 is 29.5 Å². The summed E-state index contributed by atoms with van der Waals surface area (Å²) in [6.45, 7) is 11.6. The predicted octanol–water partition coefficient (Wildman–Crippen LogP) is 5.67. The van der Waals surface area contributed by atoms with Gasteiger partial charge in [-0.25, -0.2) is 0 Å². The van der Waals surface area contributed by atoms with Crippen LogP contribution in [0.4, 0.5) is 0 Å². The molecule has 7 heteroatoms. The molecule has 5 rings (SSSR count). The monoisotopic (exact) mass is 525 g/mol. The van der Waals surface area contributed by atoms with Gasteiger partial charge in [0.25, 0.3) is 0 Å². The van der Waals surface area contributed by atoms with Crippen LogP contribution < -0.4 is 10.2 Å². The van der Waals surface area contributed by atoms with Crippen LogP contribution in [0.15, 0.2) is 79.0 Å². The fourth-order valence-electron chi connectivity index (χ4n) is 4.78. The predicted molar refractivity (Wildman–Crippen MR) is 154 cm³/mol. The molecule has 1 fully saturated rings. The normalized spacial score (nSPS) is 16.0. The maximum absolute atomic E-state index is 12.4. The molecule has 1 saturated heterocycles. The van der Waals surface area contributed by atoms with Gasteiger partial charge in [-0.1, -0.05) is 54.6 Å². The summed E-state index contributed by atoms with van der Waals surface area (Å²) in [7, 11) is -0.461. The summed E-state index contributed by atoms with van der Waals surface area (Å²) in [5.41, 5.74) is 4.32. The Morgan fingerprint density at radius 3 is 2.26 bits per heavy atom. The van der Waals surface area contributed by atoms with Crippen molar-refractivity contribution in [1.29, 1.82) is 0 Å². The topological polar surface area (TPSA) is 58.9 Å². The zero-order valence-electron chi connectivity index (χ0n) is 23.4. The van der Waals surface area contributed by atoms with Crippen molar-refractivity contribution in [3.05, 3.63) is 95.7 Å². The summed E-state index contributed by atoms with van der Waals surface area (Å²) < 4.78 is 26.0. The number of hydrogen-bond acceptors (Lipinski definition) is 5. The standard InChI is InChI=1S/C32H36BNO5/c1-6-36-30(35)18-25-21-34(20-23-12-15-27(16-13-23)37-22-24-10-8-7-9-11-24)29-19-26(14-17-28(25)29)33-38-31(2,3)32(4,5)39-33/h7-17,19,21H,6,18,20,22H2,1-5H3. The van der Waals surface area contributed by atoms with Gasteiger partial charge in [-0.3, -0.25) is 4.79 Å². The van der Waals surface area contributed by atoms with Gasteiger partial charge in [0, 0.05) is 23.6 Å². The second-order valence-corrected chi connectivity index (χ2v) is 11.0. The summed E-state index contributed by atoms with van der Waals surface area (Å²) in [5, 5.41) is 1.02. The number of benzene rings is 3. The fourth-order valence-corrected chi connectivity index (χ4v) is 4.78. The van der Waals surface area contributed by atoms with Gasteiger partial charge in [-0.15, -0.1) is 0 Å². The highest BCUT2D eigenvalue weighted by Gasteiger charge is 2.51. The summed E-state index contributed by atoms with van der Waals surface area (Å²) >= 11 is 0. The Labute approximate surface area is 231 Å². The SMILES string of the molecule is CCOC(=O)Cc1cn(Cc2ccc(OCc3ccccc3)cc2)c2cc(B3OC(C)(C)C(C)(C)O3)ccc12. The Hall–Kier alpha value is -3.55. The third-order valence-electron chi connectivity index (χ3n) is 7.68. The van der Waals surface area contributed by atoms with Crippen molar-refractivity contribution in [2.24, 2.45) is 0 Å². The van der Waals surface area contributed by atoms with Gasteiger partial charge in [0.05, 0.1) is 24.2 Å². The van der Waals surface area contributed by atoms with Crippen LogP contribution in [0.1, 0.15) is 51.3 Å². The molecule has 2 heterocycles. The minimum Gasteiger partial charge on any atom is -0.489 e. The molecule has 0 spiro atoms. The summed E-state index contributed by atoms with van der Waals surface area (Å²) in [4.78, 5) is 12.4. The molecule has 0 bridgehead atoms. The van der Waals surface area contributed by atoms with E-state index in [0.29, 0.717) is 19.8 Å². The summed E-state index contributed by atoms with van der Waals surface area (Å²) in [6.07, 6.45) is 2.27. The van der Waals surface area contributed by atoms with Crippen LogP contribution in [-0.4, -0.2) is 35.5 Å². The maximum atomic E-state index is 12.4. The molecule has 0 atom stereocenters. The lowest BCUT2D eigenvalue weighted by Crippen LogP contribution is -2.41. The molecule has 0 N–H and O–H groups in total. The number of aromatic nitrogens is 1. The van der Waals surface area contributed by atoms with E-state index in [9.17, 15) is 4.79 Å². The molecule has 1 aliphatic rings. The molecule has 0 saturated carbocycles. The number of carbonyl (C=O) groups excluding carboxylic acids is 1. The molecule has 39 heavy (non-hydrogen) atoms. The quantitative estimate of drug-likeness (QED) is 0.208. The molecule has 0 aliphatic carbocycles. The van der Waals surface area contributed by atoms with Crippen LogP contribution in [0, 0.1) is 0 Å². The Bertz CT molecular complexity index is 1430. The van der Waals surface area contributed by atoms with Crippen molar-refractivity contribution in [3.8, 4) is 5.75 Å². The second kappa shape index (κ2) is 10.9. The Kier molecular flexibility index (Phi) is 7.56. The maximum Gasteiger partial charge on any atom is 0.494 e. The Balaban J connectivity index is 1.40. The van der Waals surface area contributed by atoms with Gasteiger partial charge in [0.1, 0.15) is 12.4 Å². The first-order valence-electron chi connectivity index (χ1n) is 13.5. The van der Waals surface area contributed by atoms with E-state index >= 15 is 0 Å². The number of ether oxygens (including phenoxy) is 2. The summed E-state index contributed by atoms with van der Waals surface area (Å²) in [6, 6.07) is 24.5. The number of nitrogens with zero attached hydrogens (tertiary/aromatic N) is 1. The van der Waals surface area contributed by atoms with Crippen LogP contribution >= 0.6 is 0 Å². The highest BCUT2D eigenvalue weighted by Crippen LogP contribution is 2.37. The molecule has 0 unspecified atom stereocenters. The van der Waals surface area contributed by atoms with Gasteiger partial charge in [0.2, 0.25) is 0 Å². The molecule has 3 aromatic carbocycles. The molecular weight excluding hydrogens is 489 g/mol. The van der Waals surface area contributed by atoms with Crippen molar-refractivity contribution in [1.82, 2.24) is 4.57 Å². The van der Waals surface area contributed by atoms with Gasteiger partial charge in [0.15, 0.2) is 0 Å². The molecule has 6 nitrogen and oxygen atoms in total. The van der Waals surface area contributed by atoms with Gasteiger partial charge in [-0.05, 0) is 75.0 Å². The zero-order chi connectivity index (χ0) is 27.6. The summed E-state index contributed by atoms with van der Waals surface area (Å²) in [5.74, 6) is 0.595. The molecule has 202 valence electrons. The first-order chi connectivity index (χ1) is 18.6. The minimum atomic E-state index is -0.461. The number of esters is 1. The van der Waals surface area contributed by atoms with E-state index in [1.165, 1.54) is 0 Å². The number of carbonyl (C=O) groups is 1. The third-order valence-corrected chi connectivity index (χ3v) is 7.68. The molecule has 0 amide bonds. The van der Waals surface area contributed by atoms with E-state index < -0.39 is 18.3 Å². The molecule has 4 aromatic rings. The highest BCUT2D eigenvalue weighted by atomic mass is 16.7. The number of hydrogen-bond donors (Lipinski definition) is 0. The minimum absolute atomic E-state index is 0.222. The first-order valence-corrected chi connectivity index (χ1v) is 13.5. The average Bonchev–Trinajstić information content (AvgIpc) is 3.35. The van der Waals surface area contributed by atoms with E-state index in [-0.39, 0.29) is 12.4 Å². The van der Waals surface area contributed by atoms with E-state index in [1.54, 1.807) is 0 Å². The van der Waals surface area contributed by atoms with Crippen molar-refractivity contribution in [3.63, 3.8) is 0 Å². The van der Waals surface area contributed by atoms with Gasteiger partial charge >= 0.3 is 13.1 Å². The van der Waals surface area contributed by atoms with Crippen molar-refractivity contribution < 1.29 is 23.6 Å². The molecular formula is C32H36BNO5. The molecule has 1 aliphatic heterocycles. The third kappa shape index (κ3) is 5.90. The van der Waals surface area contributed by atoms with Crippen LogP contribution in [-0.2, 0) is 38.4 Å². The lowest BCUT2D eigenvalue weighted by Gasteiger charge is -2.32. The first kappa shape index (κ1) is 27.0. The molecule has 0 radical (unpaired) electrons. The smallest absolute Gasteiger partial charge is 0.489 e. The van der Waals surface area contributed by atoms with Gasteiger partial charge < -0.3 is 23.3 Å². The number of rotatable bonds is 9. The lowest BCUT2D eigenvalue weighted by atomic mass is 9.78. The van der Waals surface area contributed by atoms with Crippen molar-refractivity contribution in [2.75, 3.05) is 6.61 Å². The zero-order valence-corrected chi connectivity index (χ0v) is 23.4. The average molecular weight is 525 g/mol. The highest BCUT2D eigenvalue weighted by molar-refractivity contribution is 6.62. The van der Waals surface area contributed by atoms with Crippen LogP contribution in [0.5, 0.6) is 5.75 Å². The van der Waals surface area contributed by atoms with Crippen LogP contribution in [0.2, 0.25) is 0 Å². The number of fused-ring (bicyclic) bond motifs is 1. The van der Waals surface area contributed by atoms with E-state index in [1.807, 2.05) is 43.3 Å². The van der Waals surface area contributed by atoms with E-state index in [2.05, 4.69) is 74.9 Å². The molecule has 1 aromatic heterocycles. The van der Waals surface area contributed by atoms with Crippen LogP contribution in [0.25, 0.3) is 10.9 Å². The second-order valence-electron chi connectivity index (χ2n) is 11.0. The Morgan fingerprint density at radius 1 is 0.897 bits per heavy atom. The van der Waals surface area contributed by atoms with Gasteiger partial charge in [-0.2, -0.15) is 0 Å². The fraction of sp³-hybridized carbons (Fsp3) is 0.344. The van der Waals surface area contributed by atoms with E-state index in [4.69, 9.17) is 18.8 Å². The van der Waals surface area contributed by atoms with Crippen molar-refractivity contribution in [2.45, 2.75) is 65.4 Å².